The first-order valence-electron chi connectivity index (χ1n) is 15.2. The number of anilines is 1. The Bertz CT molecular complexity index is 1510. The maximum Gasteiger partial charge on any atom is 0.227 e. The lowest BCUT2D eigenvalue weighted by atomic mass is 9.85. The highest BCUT2D eigenvalue weighted by atomic mass is 19.1. The van der Waals surface area contributed by atoms with Crippen LogP contribution in [0, 0.1) is 29.5 Å². The number of aromatic nitrogens is 2. The Balaban J connectivity index is 1.59. The van der Waals surface area contributed by atoms with Crippen LogP contribution in [0.15, 0.2) is 93.7 Å². The largest absolute Gasteiger partial charge is 0.339 e. The minimum atomic E-state index is -0.399. The third-order valence-corrected chi connectivity index (χ3v) is 7.96. The van der Waals surface area contributed by atoms with Gasteiger partial charge in [0.15, 0.2) is 0 Å². The van der Waals surface area contributed by atoms with Crippen LogP contribution in [0.5, 0.6) is 0 Å². The minimum absolute atomic E-state index is 0.279. The molecular weight excluding hydrogens is 557 g/mol. The Morgan fingerprint density at radius 2 is 1.93 bits per heavy atom. The second-order valence-electron chi connectivity index (χ2n) is 11.3. The van der Waals surface area contributed by atoms with Gasteiger partial charge in [0, 0.05) is 24.1 Å². The van der Waals surface area contributed by atoms with Gasteiger partial charge < -0.3 is 4.52 Å². The highest BCUT2D eigenvalue weighted by Crippen LogP contribution is 2.30. The van der Waals surface area contributed by atoms with Crippen LogP contribution < -0.4 is 4.90 Å². The Kier molecular flexibility index (Phi) is 12.0. The zero-order valence-electron chi connectivity index (χ0n) is 25.5. The fourth-order valence-corrected chi connectivity index (χ4v) is 5.24. The fourth-order valence-electron chi connectivity index (χ4n) is 5.24. The molecule has 3 aromatic rings. The molecule has 1 heterocycles. The van der Waals surface area contributed by atoms with Gasteiger partial charge in [-0.25, -0.2) is 9.38 Å². The van der Waals surface area contributed by atoms with Crippen molar-refractivity contribution in [1.82, 2.24) is 10.1 Å². The molecule has 1 aliphatic carbocycles. The van der Waals surface area contributed by atoms with Crippen LogP contribution in [0.3, 0.4) is 0 Å². The van der Waals surface area contributed by atoms with Crippen LogP contribution in [0.2, 0.25) is 0 Å². The van der Waals surface area contributed by atoms with Crippen molar-refractivity contribution in [2.45, 2.75) is 71.6 Å². The average molecular weight is 598 g/mol. The topological polar surface area (TPSA) is 101 Å². The smallest absolute Gasteiger partial charge is 0.227 e. The molecule has 44 heavy (non-hydrogen) atoms. The molecule has 0 bridgehead atoms. The summed E-state index contributed by atoms with van der Waals surface area (Å²) in [6.07, 6.45) is 16.8. The molecule has 2 unspecified atom stereocenters. The van der Waals surface area contributed by atoms with E-state index in [1.54, 1.807) is 0 Å². The van der Waals surface area contributed by atoms with Crippen molar-refractivity contribution in [3.63, 3.8) is 0 Å². The van der Waals surface area contributed by atoms with Crippen LogP contribution in [0.1, 0.15) is 69.7 Å². The molecule has 0 fully saturated rings. The fraction of sp³-hybridized carbons (Fsp3) is 0.371. The van der Waals surface area contributed by atoms with Gasteiger partial charge in [-0.3, -0.25) is 9.69 Å². The molecule has 0 aliphatic heterocycles. The summed E-state index contributed by atoms with van der Waals surface area (Å²) in [6.45, 7) is 7.81. The van der Waals surface area contributed by atoms with Crippen molar-refractivity contribution >= 4 is 23.6 Å². The van der Waals surface area contributed by atoms with Gasteiger partial charge in [-0.1, -0.05) is 61.5 Å². The number of amidine groups is 1. The number of carbonyl (C=O) groups is 1. The molecule has 2 aromatic carbocycles. The predicted molar refractivity (Wildman–Crippen MR) is 173 cm³/mol. The summed E-state index contributed by atoms with van der Waals surface area (Å²) in [5, 5.41) is 7.17. The number of hydrogen-bond donors (Lipinski definition) is 0. The van der Waals surface area contributed by atoms with Gasteiger partial charge in [-0.05, 0) is 98.4 Å². The molecule has 230 valence electrons. The molecule has 2 atom stereocenters. The van der Waals surface area contributed by atoms with E-state index in [2.05, 4.69) is 48.1 Å². The first-order chi connectivity index (χ1) is 21.4. The van der Waals surface area contributed by atoms with Crippen LogP contribution in [-0.2, 0) is 11.2 Å². The second kappa shape index (κ2) is 16.4. The Morgan fingerprint density at radius 3 is 2.70 bits per heavy atom. The van der Waals surface area contributed by atoms with Crippen LogP contribution in [0.4, 0.5) is 15.8 Å². The van der Waals surface area contributed by atoms with E-state index < -0.39 is 5.82 Å². The number of benzene rings is 2. The van der Waals surface area contributed by atoms with Gasteiger partial charge in [0.25, 0.3) is 0 Å². The van der Waals surface area contributed by atoms with Crippen molar-refractivity contribution in [1.29, 1.82) is 0 Å². The molecule has 0 spiro atoms. The normalized spacial score (nSPS) is 18.8. The van der Waals surface area contributed by atoms with Gasteiger partial charge in [-0.2, -0.15) is 4.98 Å². The number of unbranched alkanes of at least 4 members (excludes halogenated alkanes) is 1. The number of hydrogen-bond acceptors (Lipinski definition) is 7. The first-order valence-corrected chi connectivity index (χ1v) is 15.2. The number of aliphatic imine (C=N–C) groups is 1. The monoisotopic (exact) mass is 597 g/mol. The number of aryl methyl sites for hydroxylation is 1. The van der Waals surface area contributed by atoms with Crippen molar-refractivity contribution in [3.8, 4) is 11.4 Å². The Labute approximate surface area is 258 Å². The maximum absolute atomic E-state index is 13.6. The third kappa shape index (κ3) is 9.23. The standard InChI is InChI=1S/C35H40FN5O3/c1-25-12-8-6-4-5-7-9-14-28(25)23-34-38-35(40-44-34)29-17-16-26(2)32(22-29)37-33(15-11-10-13-27(3)39-43)41(24-42)31-20-18-30(36)19-21-31/h4,6,8,12,16-22,24-25,28H,3,5,7,9-11,13-15,23H2,1-2H3/b6-4-,12-8-,37-33?. The summed E-state index contributed by atoms with van der Waals surface area (Å²) in [6, 6.07) is 11.4. The van der Waals surface area contributed by atoms with E-state index in [0.717, 1.165) is 30.4 Å². The predicted octanol–water partition coefficient (Wildman–Crippen LogP) is 9.20. The summed E-state index contributed by atoms with van der Waals surface area (Å²) in [7, 11) is 0. The quantitative estimate of drug-likeness (QED) is 0.0681. The van der Waals surface area contributed by atoms with Crippen LogP contribution >= 0.6 is 0 Å². The summed E-state index contributed by atoms with van der Waals surface area (Å²) in [5.41, 5.74) is 3.07. The summed E-state index contributed by atoms with van der Waals surface area (Å²) >= 11 is 0. The molecule has 1 aliphatic rings. The Morgan fingerprint density at radius 1 is 1.14 bits per heavy atom. The number of rotatable bonds is 12. The Hall–Kier alpha value is -4.53. The van der Waals surface area contributed by atoms with Gasteiger partial charge in [0.1, 0.15) is 11.7 Å². The van der Waals surface area contributed by atoms with Crippen LogP contribution in [-0.4, -0.2) is 22.4 Å². The lowest BCUT2D eigenvalue weighted by Crippen LogP contribution is -2.29. The molecular formula is C35H40FN5O3. The van der Waals surface area contributed by atoms with Gasteiger partial charge in [0.05, 0.1) is 11.4 Å². The van der Waals surface area contributed by atoms with E-state index in [1.165, 1.54) is 35.6 Å². The lowest BCUT2D eigenvalue weighted by molar-refractivity contribution is -0.106. The minimum Gasteiger partial charge on any atom is -0.339 e. The number of carbonyl (C=O) groups excluding carboxylic acids is 1. The maximum atomic E-state index is 13.6. The number of nitroso groups, excluding NO2 is 1. The van der Waals surface area contributed by atoms with E-state index in [0.29, 0.717) is 79.3 Å². The molecule has 0 saturated heterocycles. The van der Waals surface area contributed by atoms with E-state index in [4.69, 9.17) is 14.5 Å². The lowest BCUT2D eigenvalue weighted by Gasteiger charge is -2.20. The number of halogens is 1. The van der Waals surface area contributed by atoms with E-state index in [-0.39, 0.29) is 5.70 Å². The zero-order valence-corrected chi connectivity index (χ0v) is 25.5. The number of nitrogens with zero attached hydrogens (tertiary/aromatic N) is 5. The van der Waals surface area contributed by atoms with Crippen molar-refractivity contribution in [3.05, 3.63) is 101 Å². The van der Waals surface area contributed by atoms with Gasteiger partial charge in [-0.15, -0.1) is 4.91 Å². The molecule has 0 N–H and O–H groups in total. The van der Waals surface area contributed by atoms with E-state index in [1.807, 2.05) is 25.1 Å². The first kappa shape index (κ1) is 32.4. The van der Waals surface area contributed by atoms with Crippen molar-refractivity contribution in [2.75, 3.05) is 4.90 Å². The van der Waals surface area contributed by atoms with Gasteiger partial charge in [0.2, 0.25) is 18.1 Å². The van der Waals surface area contributed by atoms with E-state index >= 15 is 0 Å². The third-order valence-electron chi connectivity index (χ3n) is 7.96. The molecule has 9 heteroatoms. The molecule has 0 radical (unpaired) electrons. The van der Waals surface area contributed by atoms with Gasteiger partial charge >= 0.3 is 0 Å². The molecule has 1 aromatic heterocycles. The van der Waals surface area contributed by atoms with Crippen molar-refractivity contribution in [2.24, 2.45) is 22.0 Å². The number of allylic oxidation sites excluding steroid dienone is 5. The highest BCUT2D eigenvalue weighted by Gasteiger charge is 2.21. The van der Waals surface area contributed by atoms with Crippen molar-refractivity contribution < 1.29 is 13.7 Å². The summed E-state index contributed by atoms with van der Waals surface area (Å²) in [5.74, 6) is 1.98. The zero-order chi connectivity index (χ0) is 31.3. The highest BCUT2D eigenvalue weighted by molar-refractivity contribution is 6.10. The average Bonchev–Trinajstić information content (AvgIpc) is 3.50. The molecule has 8 nitrogen and oxygen atoms in total. The molecule has 1 amide bonds. The number of amides is 1. The SMILES string of the molecule is C=C(CCCCC(=Nc1cc(-c2noc(CC3CCCC/C=C\C=C/C3C)n2)ccc1C)N(C=O)c1ccc(F)cc1)N=O. The van der Waals surface area contributed by atoms with Crippen LogP contribution in [0.25, 0.3) is 11.4 Å². The summed E-state index contributed by atoms with van der Waals surface area (Å²) in [4.78, 5) is 34.1. The summed E-state index contributed by atoms with van der Waals surface area (Å²) < 4.78 is 19.3. The molecule has 0 saturated carbocycles. The molecule has 4 rings (SSSR count). The second-order valence-corrected chi connectivity index (χ2v) is 11.3. The van der Waals surface area contributed by atoms with E-state index in [9.17, 15) is 14.1 Å².